The molecule has 2 saturated heterocycles. The van der Waals surface area contributed by atoms with Crippen LogP contribution in [-0.2, 0) is 16.1 Å². The van der Waals surface area contributed by atoms with Crippen molar-refractivity contribution in [2.75, 3.05) is 40.5 Å². The van der Waals surface area contributed by atoms with Gasteiger partial charge in [0.25, 0.3) is 5.56 Å². The van der Waals surface area contributed by atoms with Gasteiger partial charge in [0.1, 0.15) is 0 Å². The van der Waals surface area contributed by atoms with Crippen molar-refractivity contribution in [3.05, 3.63) is 34.2 Å². The summed E-state index contributed by atoms with van der Waals surface area (Å²) in [6.45, 7) is 2.95. The summed E-state index contributed by atoms with van der Waals surface area (Å²) in [5.74, 6) is 0.0657. The molecule has 0 unspecified atom stereocenters. The van der Waals surface area contributed by atoms with Crippen LogP contribution in [0.25, 0.3) is 0 Å². The summed E-state index contributed by atoms with van der Waals surface area (Å²) < 4.78 is 7.31. The number of ether oxygens (including phenoxy) is 1. The number of nitrogens with zero attached hydrogens (tertiary/aromatic N) is 3. The second kappa shape index (κ2) is 7.37. The minimum Gasteiger partial charge on any atom is -0.396 e. The van der Waals surface area contributed by atoms with Crippen molar-refractivity contribution in [2.24, 2.45) is 17.8 Å². The van der Waals surface area contributed by atoms with E-state index in [1.54, 1.807) is 35.7 Å². The molecule has 0 aliphatic carbocycles. The van der Waals surface area contributed by atoms with Gasteiger partial charge in [-0.2, -0.15) is 0 Å². The van der Waals surface area contributed by atoms with Crippen LogP contribution in [0.5, 0.6) is 0 Å². The maximum atomic E-state index is 13.1. The Kier molecular flexibility index (Phi) is 5.09. The van der Waals surface area contributed by atoms with E-state index >= 15 is 0 Å². The lowest BCUT2D eigenvalue weighted by molar-refractivity contribution is -0.135. The highest BCUT2D eigenvalue weighted by Crippen LogP contribution is 2.49. The van der Waals surface area contributed by atoms with Crippen LogP contribution >= 0.6 is 0 Å². The van der Waals surface area contributed by atoms with Gasteiger partial charge in [-0.3, -0.25) is 14.5 Å². The third-order valence-corrected chi connectivity index (χ3v) is 6.58. The number of fused-ring (bicyclic) bond motifs is 4. The van der Waals surface area contributed by atoms with E-state index in [1.165, 1.54) is 0 Å². The average molecular weight is 375 g/mol. The Morgan fingerprint density at radius 3 is 2.70 bits per heavy atom. The third kappa shape index (κ3) is 3.11. The van der Waals surface area contributed by atoms with Gasteiger partial charge in [-0.05, 0) is 24.8 Å². The van der Waals surface area contributed by atoms with Crippen LogP contribution in [0.2, 0.25) is 0 Å². The molecule has 3 aliphatic rings. The Bertz CT molecular complexity index is 756. The molecule has 2 bridgehead atoms. The van der Waals surface area contributed by atoms with Gasteiger partial charge in [-0.25, -0.2) is 0 Å². The Morgan fingerprint density at radius 1 is 1.30 bits per heavy atom. The Hall–Kier alpha value is -1.70. The molecule has 0 radical (unpaired) electrons. The molecule has 2 fully saturated rings. The number of carbonyl (C=O) groups is 1. The van der Waals surface area contributed by atoms with E-state index in [1.807, 2.05) is 6.07 Å². The van der Waals surface area contributed by atoms with Crippen molar-refractivity contribution < 1.29 is 14.6 Å². The van der Waals surface area contributed by atoms with E-state index in [0.717, 1.165) is 38.3 Å². The van der Waals surface area contributed by atoms with Gasteiger partial charge in [0.15, 0.2) is 0 Å². The maximum absolute atomic E-state index is 13.1. The van der Waals surface area contributed by atoms with Crippen molar-refractivity contribution in [3.8, 4) is 0 Å². The van der Waals surface area contributed by atoms with Crippen molar-refractivity contribution in [1.29, 1.82) is 0 Å². The first-order valence-corrected chi connectivity index (χ1v) is 9.88. The highest BCUT2D eigenvalue weighted by molar-refractivity contribution is 5.80. The molecular weight excluding hydrogens is 346 g/mol. The molecule has 4 heterocycles. The number of hydrogen-bond acceptors (Lipinski definition) is 5. The molecule has 0 saturated carbocycles. The molecule has 4 atom stereocenters. The molecule has 7 heteroatoms. The number of hydrogen-bond donors (Lipinski definition) is 1. The first kappa shape index (κ1) is 18.7. The highest BCUT2D eigenvalue weighted by Gasteiger charge is 2.56. The van der Waals surface area contributed by atoms with Crippen LogP contribution < -0.4 is 5.56 Å². The molecule has 0 aromatic carbocycles. The fraction of sp³-hybridized carbons (Fsp3) is 0.700. The fourth-order valence-corrected chi connectivity index (χ4v) is 5.23. The van der Waals surface area contributed by atoms with E-state index in [2.05, 4.69) is 4.90 Å². The monoisotopic (exact) mass is 375 g/mol. The zero-order chi connectivity index (χ0) is 19.1. The zero-order valence-corrected chi connectivity index (χ0v) is 16.1. The summed E-state index contributed by atoms with van der Waals surface area (Å²) in [4.78, 5) is 29.5. The lowest BCUT2D eigenvalue weighted by Gasteiger charge is -2.40. The largest absolute Gasteiger partial charge is 0.396 e. The standard InChI is InChI=1S/C20H29N3O4/c1-21(2)20(26)18-14(12-24)16-11-22-15(4-3-5-17(22)25)19(18)23(16)10-13-6-8-27-9-7-13/h3-5,13-14,16,18-19,24H,6-12H2,1-2H3/t14-,16-,18+,19+/m0/s1. The minimum atomic E-state index is -0.328. The highest BCUT2D eigenvalue weighted by atomic mass is 16.5. The van der Waals surface area contributed by atoms with Gasteiger partial charge in [-0.15, -0.1) is 0 Å². The van der Waals surface area contributed by atoms with Gasteiger partial charge < -0.3 is 19.3 Å². The van der Waals surface area contributed by atoms with E-state index in [9.17, 15) is 14.7 Å². The van der Waals surface area contributed by atoms with Crippen molar-refractivity contribution in [3.63, 3.8) is 0 Å². The second-order valence-electron chi connectivity index (χ2n) is 8.27. The second-order valence-corrected chi connectivity index (χ2v) is 8.27. The first-order valence-electron chi connectivity index (χ1n) is 9.88. The number of amides is 1. The van der Waals surface area contributed by atoms with Crippen molar-refractivity contribution in [2.45, 2.75) is 31.5 Å². The average Bonchev–Trinajstić information content (AvgIpc) is 2.87. The lowest BCUT2D eigenvalue weighted by Crippen LogP contribution is -2.48. The zero-order valence-electron chi connectivity index (χ0n) is 16.1. The topological polar surface area (TPSA) is 75.0 Å². The van der Waals surface area contributed by atoms with Gasteiger partial charge in [0.2, 0.25) is 5.91 Å². The molecule has 1 N–H and O–H groups in total. The summed E-state index contributed by atoms with van der Waals surface area (Å²) in [6, 6.07) is 5.17. The van der Waals surface area contributed by atoms with Crippen LogP contribution in [0.3, 0.4) is 0 Å². The number of pyridine rings is 1. The van der Waals surface area contributed by atoms with Gasteiger partial charge in [0, 0.05) is 70.7 Å². The summed E-state index contributed by atoms with van der Waals surface area (Å²) >= 11 is 0. The summed E-state index contributed by atoms with van der Waals surface area (Å²) in [7, 11) is 3.53. The quantitative estimate of drug-likeness (QED) is 0.821. The number of aromatic nitrogens is 1. The van der Waals surface area contributed by atoms with Crippen LogP contribution in [0.4, 0.5) is 0 Å². The smallest absolute Gasteiger partial charge is 0.250 e. The number of rotatable bonds is 4. The molecule has 27 heavy (non-hydrogen) atoms. The predicted molar refractivity (Wildman–Crippen MR) is 100 cm³/mol. The maximum Gasteiger partial charge on any atom is 0.250 e. The van der Waals surface area contributed by atoms with Crippen molar-refractivity contribution in [1.82, 2.24) is 14.4 Å². The summed E-state index contributed by atoms with van der Waals surface area (Å²) in [6.07, 6.45) is 2.04. The molecule has 1 aromatic rings. The first-order chi connectivity index (χ1) is 13.0. The normalized spacial score (nSPS) is 30.9. The molecule has 0 spiro atoms. The Balaban J connectivity index is 1.75. The lowest BCUT2D eigenvalue weighted by atomic mass is 9.86. The molecule has 148 valence electrons. The molecule has 7 nitrogen and oxygen atoms in total. The van der Waals surface area contributed by atoms with Crippen LogP contribution in [-0.4, -0.2) is 71.9 Å². The van der Waals surface area contributed by atoms with Gasteiger partial charge in [0.05, 0.1) is 12.0 Å². The Morgan fingerprint density at radius 2 is 2.04 bits per heavy atom. The van der Waals surface area contributed by atoms with Crippen LogP contribution in [0.1, 0.15) is 24.6 Å². The van der Waals surface area contributed by atoms with Crippen LogP contribution in [0.15, 0.2) is 23.0 Å². The van der Waals surface area contributed by atoms with Gasteiger partial charge in [-0.1, -0.05) is 6.07 Å². The minimum absolute atomic E-state index is 0.00402. The predicted octanol–water partition coefficient (Wildman–Crippen LogP) is 0.327. The number of aliphatic hydroxyl groups excluding tert-OH is 1. The Labute approximate surface area is 159 Å². The van der Waals surface area contributed by atoms with E-state index in [0.29, 0.717) is 12.5 Å². The molecule has 1 amide bonds. The van der Waals surface area contributed by atoms with E-state index in [-0.39, 0.29) is 42.0 Å². The van der Waals surface area contributed by atoms with E-state index < -0.39 is 0 Å². The summed E-state index contributed by atoms with van der Waals surface area (Å²) in [5, 5.41) is 10.2. The fourth-order valence-electron chi connectivity index (χ4n) is 5.23. The SMILES string of the molecule is CN(C)C(=O)[C@@H]1[C@@H](CO)[C@@H]2Cn3c(cccc3=O)[C@H]1N2CC1CCOCC1. The van der Waals surface area contributed by atoms with Gasteiger partial charge >= 0.3 is 0 Å². The van der Waals surface area contributed by atoms with Crippen molar-refractivity contribution >= 4 is 5.91 Å². The summed E-state index contributed by atoms with van der Waals surface area (Å²) in [5.41, 5.74) is 0.879. The molecule has 3 aliphatic heterocycles. The number of aliphatic hydroxyl groups is 1. The molecule has 4 rings (SSSR count). The van der Waals surface area contributed by atoms with E-state index in [4.69, 9.17) is 4.74 Å². The number of carbonyl (C=O) groups excluding carboxylic acids is 1. The van der Waals surface area contributed by atoms with Crippen LogP contribution in [0, 0.1) is 17.8 Å². The third-order valence-electron chi connectivity index (χ3n) is 6.58. The molecule has 1 aromatic heterocycles. The molecular formula is C20H29N3O4.